The Bertz CT molecular complexity index is 925. The summed E-state index contributed by atoms with van der Waals surface area (Å²) in [6, 6.07) is 2.61. The molecule has 1 saturated heterocycles. The third-order valence-electron chi connectivity index (χ3n) is 4.14. The van der Waals surface area contributed by atoms with E-state index in [1.54, 1.807) is 6.92 Å². The smallest absolute Gasteiger partial charge is 0.417 e. The summed E-state index contributed by atoms with van der Waals surface area (Å²) in [6.07, 6.45) is -4.73. The molecule has 27 heavy (non-hydrogen) atoms. The van der Waals surface area contributed by atoms with Crippen molar-refractivity contribution >= 4 is 21.6 Å². The van der Waals surface area contributed by atoms with Crippen LogP contribution in [0.4, 0.5) is 13.2 Å². The molecule has 1 aromatic carbocycles. The molecule has 12 heteroatoms. The molecule has 1 aromatic heterocycles. The minimum atomic E-state index is -4.73. The summed E-state index contributed by atoms with van der Waals surface area (Å²) in [6.45, 7) is 3.11. The largest absolute Gasteiger partial charge is 0.424 e. The molecule has 0 spiro atoms. The van der Waals surface area contributed by atoms with Crippen LogP contribution in [0.3, 0.4) is 0 Å². The highest BCUT2D eigenvalue weighted by molar-refractivity contribution is 7.89. The fraction of sp³-hybridized carbons (Fsp3) is 0.467. The molecule has 2 heterocycles. The van der Waals surface area contributed by atoms with Gasteiger partial charge < -0.3 is 4.42 Å². The number of rotatable bonds is 4. The molecule has 0 N–H and O–H groups in total. The van der Waals surface area contributed by atoms with Crippen LogP contribution in [0.15, 0.2) is 27.5 Å². The number of alkyl halides is 3. The number of nitrogens with zero attached hydrogens (tertiary/aromatic N) is 4. The van der Waals surface area contributed by atoms with E-state index in [2.05, 4.69) is 10.2 Å². The van der Waals surface area contributed by atoms with Crippen molar-refractivity contribution in [3.8, 4) is 0 Å². The van der Waals surface area contributed by atoms with E-state index >= 15 is 0 Å². The van der Waals surface area contributed by atoms with Gasteiger partial charge in [0.05, 0.1) is 22.0 Å². The minimum absolute atomic E-state index is 0.138. The highest BCUT2D eigenvalue weighted by Gasteiger charge is 2.36. The van der Waals surface area contributed by atoms with Crippen LogP contribution in [0, 0.1) is 6.92 Å². The quantitative estimate of drug-likeness (QED) is 0.750. The Morgan fingerprint density at radius 2 is 1.85 bits per heavy atom. The van der Waals surface area contributed by atoms with Gasteiger partial charge in [0.15, 0.2) is 0 Å². The van der Waals surface area contributed by atoms with E-state index in [1.165, 1.54) is 0 Å². The van der Waals surface area contributed by atoms with Gasteiger partial charge in [0.1, 0.15) is 0 Å². The summed E-state index contributed by atoms with van der Waals surface area (Å²) >= 11 is 5.56. The summed E-state index contributed by atoms with van der Waals surface area (Å²) in [7, 11) is -4.06. The predicted molar refractivity (Wildman–Crippen MR) is 89.5 cm³/mol. The number of benzene rings is 1. The van der Waals surface area contributed by atoms with Gasteiger partial charge in [0.2, 0.25) is 21.8 Å². The van der Waals surface area contributed by atoms with Crippen molar-refractivity contribution < 1.29 is 26.0 Å². The molecule has 0 atom stereocenters. The van der Waals surface area contributed by atoms with Crippen molar-refractivity contribution in [1.82, 2.24) is 19.4 Å². The molecule has 148 valence electrons. The second-order valence-electron chi connectivity index (χ2n) is 6.03. The number of hydrogen-bond acceptors (Lipinski definition) is 6. The Labute approximate surface area is 158 Å². The van der Waals surface area contributed by atoms with E-state index in [0.717, 1.165) is 16.4 Å². The maximum Gasteiger partial charge on any atom is 0.417 e. The lowest BCUT2D eigenvalue weighted by molar-refractivity contribution is -0.137. The first-order chi connectivity index (χ1) is 12.6. The second-order valence-corrected chi connectivity index (χ2v) is 8.38. The summed E-state index contributed by atoms with van der Waals surface area (Å²) < 4.78 is 70.9. The van der Waals surface area contributed by atoms with Gasteiger partial charge in [-0.15, -0.1) is 10.2 Å². The van der Waals surface area contributed by atoms with Crippen molar-refractivity contribution in [2.45, 2.75) is 24.5 Å². The molecule has 1 fully saturated rings. The van der Waals surface area contributed by atoms with Crippen LogP contribution >= 0.6 is 11.6 Å². The van der Waals surface area contributed by atoms with Gasteiger partial charge in [-0.25, -0.2) is 8.42 Å². The van der Waals surface area contributed by atoms with Gasteiger partial charge in [-0.2, -0.15) is 17.5 Å². The lowest BCUT2D eigenvalue weighted by atomic mass is 10.2. The van der Waals surface area contributed by atoms with Crippen LogP contribution in [0.5, 0.6) is 0 Å². The van der Waals surface area contributed by atoms with E-state index in [1.807, 2.05) is 4.90 Å². The molecule has 1 aliphatic rings. The maximum atomic E-state index is 13.0. The van der Waals surface area contributed by atoms with E-state index < -0.39 is 31.7 Å². The number of halogens is 4. The number of aryl methyl sites for hydroxylation is 1. The summed E-state index contributed by atoms with van der Waals surface area (Å²) in [5.41, 5.74) is -1.17. The van der Waals surface area contributed by atoms with Gasteiger partial charge in [0, 0.05) is 33.1 Å². The molecule has 2 aromatic rings. The Balaban J connectivity index is 1.72. The van der Waals surface area contributed by atoms with Crippen molar-refractivity contribution in [2.24, 2.45) is 0 Å². The van der Waals surface area contributed by atoms with Gasteiger partial charge in [-0.1, -0.05) is 11.6 Å². The Morgan fingerprint density at radius 3 is 2.41 bits per heavy atom. The molecular weight excluding hydrogens is 409 g/mol. The first-order valence-electron chi connectivity index (χ1n) is 7.95. The fourth-order valence-corrected chi connectivity index (χ4v) is 4.43. The van der Waals surface area contributed by atoms with Crippen molar-refractivity contribution in [3.05, 3.63) is 40.6 Å². The molecule has 0 saturated carbocycles. The van der Waals surface area contributed by atoms with Gasteiger partial charge in [0.25, 0.3) is 0 Å². The average Bonchev–Trinajstić information content (AvgIpc) is 2.99. The SMILES string of the molecule is Cc1nnc(CN2CCN(S(=O)(=O)c3ccc(Cl)c(C(F)(F)F)c3)CC2)o1. The lowest BCUT2D eigenvalue weighted by Crippen LogP contribution is -2.48. The molecule has 1 aliphatic heterocycles. The summed E-state index contributed by atoms with van der Waals surface area (Å²) in [4.78, 5) is 1.50. The zero-order valence-electron chi connectivity index (χ0n) is 14.2. The molecular formula is C15H16ClF3N4O3S. The van der Waals surface area contributed by atoms with Crippen LogP contribution in [0.2, 0.25) is 5.02 Å². The molecule has 0 radical (unpaired) electrons. The van der Waals surface area contributed by atoms with Gasteiger partial charge in [-0.3, -0.25) is 4.90 Å². The molecule has 0 bridgehead atoms. The summed E-state index contributed by atoms with van der Waals surface area (Å²) in [5.74, 6) is 0.866. The maximum absolute atomic E-state index is 13.0. The van der Waals surface area contributed by atoms with E-state index in [0.29, 0.717) is 37.5 Å². The first kappa shape index (κ1) is 20.1. The van der Waals surface area contributed by atoms with Crippen LogP contribution in [-0.4, -0.2) is 54.0 Å². The van der Waals surface area contributed by atoms with Crippen LogP contribution < -0.4 is 0 Å². The highest BCUT2D eigenvalue weighted by atomic mass is 35.5. The third-order valence-corrected chi connectivity index (χ3v) is 6.36. The molecule has 3 rings (SSSR count). The molecule has 0 unspecified atom stereocenters. The number of aromatic nitrogens is 2. The lowest BCUT2D eigenvalue weighted by Gasteiger charge is -2.33. The fourth-order valence-electron chi connectivity index (χ4n) is 2.75. The van der Waals surface area contributed by atoms with Crippen LogP contribution in [0.25, 0.3) is 0 Å². The van der Waals surface area contributed by atoms with E-state index in [4.69, 9.17) is 16.0 Å². The van der Waals surface area contributed by atoms with Crippen molar-refractivity contribution in [2.75, 3.05) is 26.2 Å². The van der Waals surface area contributed by atoms with Crippen molar-refractivity contribution in [1.29, 1.82) is 0 Å². The predicted octanol–water partition coefficient (Wildman–Crippen LogP) is 2.56. The van der Waals surface area contributed by atoms with Gasteiger partial charge in [-0.05, 0) is 18.2 Å². The third kappa shape index (κ3) is 4.42. The van der Waals surface area contributed by atoms with Crippen LogP contribution in [-0.2, 0) is 22.7 Å². The molecule has 0 aliphatic carbocycles. The van der Waals surface area contributed by atoms with Crippen LogP contribution in [0.1, 0.15) is 17.3 Å². The molecule has 7 nitrogen and oxygen atoms in total. The second kappa shape index (κ2) is 7.38. The zero-order chi connectivity index (χ0) is 19.8. The summed E-state index contributed by atoms with van der Waals surface area (Å²) in [5, 5.41) is 7.08. The normalized spacial score (nSPS) is 17.4. The Morgan fingerprint density at radius 1 is 1.19 bits per heavy atom. The minimum Gasteiger partial charge on any atom is -0.424 e. The standard InChI is InChI=1S/C15H16ClF3N4O3S/c1-10-20-21-14(26-10)9-22-4-6-23(7-5-22)27(24,25)11-2-3-13(16)12(8-11)15(17,18)19/h2-3,8H,4-7,9H2,1H3. The Kier molecular flexibility index (Phi) is 5.48. The average molecular weight is 425 g/mol. The van der Waals surface area contributed by atoms with Gasteiger partial charge >= 0.3 is 6.18 Å². The van der Waals surface area contributed by atoms with E-state index in [9.17, 15) is 21.6 Å². The molecule has 0 amide bonds. The monoisotopic (exact) mass is 424 g/mol. The first-order valence-corrected chi connectivity index (χ1v) is 9.77. The highest BCUT2D eigenvalue weighted by Crippen LogP contribution is 2.36. The van der Waals surface area contributed by atoms with Crippen molar-refractivity contribution in [3.63, 3.8) is 0 Å². The number of hydrogen-bond donors (Lipinski definition) is 0. The zero-order valence-corrected chi connectivity index (χ0v) is 15.8. The Hall–Kier alpha value is -1.69. The van der Waals surface area contributed by atoms with E-state index in [-0.39, 0.29) is 13.1 Å². The number of piperazine rings is 1. The number of sulfonamides is 1. The topological polar surface area (TPSA) is 79.5 Å².